The summed E-state index contributed by atoms with van der Waals surface area (Å²) in [5.74, 6) is 0.189. The number of nitrogens with zero attached hydrogens (tertiary/aromatic N) is 3. The molecule has 2 aromatic carbocycles. The molecule has 3 aromatic rings. The molecule has 2 atom stereocenters. The van der Waals surface area contributed by atoms with Crippen LogP contribution in [-0.4, -0.2) is 49.0 Å². The van der Waals surface area contributed by atoms with Crippen molar-refractivity contribution in [2.75, 3.05) is 30.9 Å². The van der Waals surface area contributed by atoms with E-state index in [2.05, 4.69) is 10.3 Å². The fourth-order valence-corrected chi connectivity index (χ4v) is 4.94. The summed E-state index contributed by atoms with van der Waals surface area (Å²) in [4.78, 5) is 10.7. The van der Waals surface area contributed by atoms with Gasteiger partial charge < -0.3 is 15.0 Å². The normalized spacial score (nSPS) is 13.5. The number of nitrogens with one attached hydrogen (secondary N) is 1. The molecule has 11 heteroatoms. The smallest absolute Gasteiger partial charge is 0.378 e. The lowest BCUT2D eigenvalue weighted by Gasteiger charge is -2.25. The van der Waals surface area contributed by atoms with E-state index in [4.69, 9.17) is 9.72 Å². The molecule has 0 spiro atoms. The highest BCUT2D eigenvalue weighted by molar-refractivity contribution is 5.78. The predicted molar refractivity (Wildman–Crippen MR) is 164 cm³/mol. The molecule has 5 nitrogen and oxygen atoms in total. The molecule has 44 heavy (non-hydrogen) atoms. The summed E-state index contributed by atoms with van der Waals surface area (Å²) in [6, 6.07) is 9.10. The maximum atomic E-state index is 14.2. The zero-order valence-corrected chi connectivity index (χ0v) is 26.2. The van der Waals surface area contributed by atoms with E-state index >= 15 is 0 Å². The standard InChI is InChI=1S/C33H42F6N4O/c1-7-10-11-16-44-29(33(37,38)39)17-21(4)41-31-30(26-18-22(8-2)12-13-23(26)9-3)42-28(20-40-31)25-15-14-24(43(5)6)19-27(25)32(34,35)36/h12-15,18-21,29H,7-11,16-17H2,1-6H3,(H,40,41). The Bertz CT molecular complexity index is 1370. The number of halogens is 6. The molecule has 2 unspecified atom stereocenters. The molecule has 0 aliphatic carbocycles. The third-order valence-corrected chi connectivity index (χ3v) is 7.47. The van der Waals surface area contributed by atoms with Crippen molar-refractivity contribution in [3.05, 3.63) is 59.3 Å². The highest BCUT2D eigenvalue weighted by Gasteiger charge is 2.41. The van der Waals surface area contributed by atoms with Gasteiger partial charge in [-0.05, 0) is 55.5 Å². The van der Waals surface area contributed by atoms with Crippen LogP contribution >= 0.6 is 0 Å². The second kappa shape index (κ2) is 15.1. The van der Waals surface area contributed by atoms with Crippen LogP contribution in [0, 0.1) is 0 Å². The molecule has 0 fully saturated rings. The summed E-state index contributed by atoms with van der Waals surface area (Å²) in [7, 11) is 3.31. The molecule has 0 amide bonds. The number of hydrogen-bond acceptors (Lipinski definition) is 5. The van der Waals surface area contributed by atoms with E-state index in [0.29, 0.717) is 30.5 Å². The van der Waals surface area contributed by atoms with Crippen LogP contribution in [0.5, 0.6) is 0 Å². The Kier molecular flexibility index (Phi) is 12.1. The van der Waals surface area contributed by atoms with Crippen LogP contribution in [0.4, 0.5) is 37.8 Å². The Hall–Kier alpha value is -3.34. The summed E-state index contributed by atoms with van der Waals surface area (Å²) in [6.45, 7) is 7.48. The van der Waals surface area contributed by atoms with Gasteiger partial charge in [-0.3, -0.25) is 0 Å². The summed E-state index contributed by atoms with van der Waals surface area (Å²) in [6.07, 6.45) is -6.86. The van der Waals surface area contributed by atoms with E-state index in [9.17, 15) is 26.3 Å². The van der Waals surface area contributed by atoms with Gasteiger partial charge in [-0.25, -0.2) is 9.97 Å². The van der Waals surface area contributed by atoms with Crippen LogP contribution < -0.4 is 10.2 Å². The molecule has 3 rings (SSSR count). The molecule has 1 aromatic heterocycles. The van der Waals surface area contributed by atoms with E-state index < -0.39 is 30.1 Å². The van der Waals surface area contributed by atoms with Crippen molar-refractivity contribution in [3.63, 3.8) is 0 Å². The SMILES string of the molecule is CCCCCOC(CC(C)Nc1ncc(-c2ccc(N(C)C)cc2C(F)(F)F)nc1-c1cc(CC)ccc1CC)C(F)(F)F. The molecule has 0 saturated carbocycles. The maximum Gasteiger partial charge on any atom is 0.417 e. The lowest BCUT2D eigenvalue weighted by atomic mass is 9.97. The summed E-state index contributed by atoms with van der Waals surface area (Å²) in [5, 5.41) is 3.07. The highest BCUT2D eigenvalue weighted by atomic mass is 19.4. The number of rotatable bonds is 14. The first-order valence-corrected chi connectivity index (χ1v) is 15.0. The van der Waals surface area contributed by atoms with Crippen molar-refractivity contribution in [2.24, 2.45) is 0 Å². The molecule has 0 aliphatic rings. The minimum atomic E-state index is -4.66. The average Bonchev–Trinajstić information content (AvgIpc) is 2.97. The van der Waals surface area contributed by atoms with Crippen molar-refractivity contribution < 1.29 is 31.1 Å². The summed E-state index contributed by atoms with van der Waals surface area (Å²) < 4.78 is 89.4. The monoisotopic (exact) mass is 624 g/mol. The predicted octanol–water partition coefficient (Wildman–Crippen LogP) is 9.35. The molecular weight excluding hydrogens is 582 g/mol. The van der Waals surface area contributed by atoms with Crippen LogP contribution in [0.2, 0.25) is 0 Å². The fraction of sp³-hybridized carbons (Fsp3) is 0.515. The van der Waals surface area contributed by atoms with Gasteiger partial charge in [-0.1, -0.05) is 51.8 Å². The van der Waals surface area contributed by atoms with Crippen molar-refractivity contribution in [1.82, 2.24) is 9.97 Å². The molecule has 0 saturated heterocycles. The Morgan fingerprint density at radius 3 is 2.23 bits per heavy atom. The number of unbranched alkanes of at least 4 members (excludes halogenated alkanes) is 2. The lowest BCUT2D eigenvalue weighted by molar-refractivity contribution is -0.222. The first-order chi connectivity index (χ1) is 20.7. The molecule has 1 N–H and O–H groups in total. The number of alkyl halides is 6. The topological polar surface area (TPSA) is 50.3 Å². The van der Waals surface area contributed by atoms with E-state index in [1.165, 1.54) is 12.3 Å². The largest absolute Gasteiger partial charge is 0.417 e. The van der Waals surface area contributed by atoms with Gasteiger partial charge in [-0.15, -0.1) is 0 Å². The van der Waals surface area contributed by atoms with Crippen molar-refractivity contribution in [2.45, 2.75) is 90.7 Å². The number of ether oxygens (including phenoxy) is 1. The van der Waals surface area contributed by atoms with E-state index in [0.717, 1.165) is 30.0 Å². The third-order valence-electron chi connectivity index (χ3n) is 7.47. The maximum absolute atomic E-state index is 14.2. The zero-order chi connectivity index (χ0) is 32.7. The van der Waals surface area contributed by atoms with Gasteiger partial charge in [0.2, 0.25) is 0 Å². The van der Waals surface area contributed by atoms with E-state index in [-0.39, 0.29) is 35.8 Å². The minimum absolute atomic E-state index is 0.00229. The Balaban J connectivity index is 2.11. The summed E-state index contributed by atoms with van der Waals surface area (Å²) in [5.41, 5.74) is 2.19. The number of anilines is 2. The first-order valence-electron chi connectivity index (χ1n) is 15.0. The van der Waals surface area contributed by atoms with Gasteiger partial charge in [0.25, 0.3) is 0 Å². The quantitative estimate of drug-likeness (QED) is 0.143. The van der Waals surface area contributed by atoms with Gasteiger partial charge in [0.1, 0.15) is 5.69 Å². The van der Waals surface area contributed by atoms with Crippen molar-refractivity contribution in [1.29, 1.82) is 0 Å². The van der Waals surface area contributed by atoms with Crippen LogP contribution in [0.15, 0.2) is 42.6 Å². The molecular formula is C33H42F6N4O. The van der Waals surface area contributed by atoms with Gasteiger partial charge >= 0.3 is 12.4 Å². The number of hydrogen-bond donors (Lipinski definition) is 1. The van der Waals surface area contributed by atoms with Gasteiger partial charge in [0.05, 0.1) is 17.5 Å². The van der Waals surface area contributed by atoms with Crippen LogP contribution in [-0.2, 0) is 23.8 Å². The Morgan fingerprint density at radius 1 is 0.909 bits per heavy atom. The minimum Gasteiger partial charge on any atom is -0.378 e. The number of aromatic nitrogens is 2. The molecule has 0 radical (unpaired) electrons. The van der Waals surface area contributed by atoms with E-state index in [1.54, 1.807) is 32.0 Å². The Morgan fingerprint density at radius 2 is 1.64 bits per heavy atom. The molecule has 242 valence electrons. The number of aryl methyl sites for hydroxylation is 2. The van der Waals surface area contributed by atoms with Crippen LogP contribution in [0.25, 0.3) is 22.5 Å². The van der Waals surface area contributed by atoms with Crippen LogP contribution in [0.1, 0.15) is 70.1 Å². The van der Waals surface area contributed by atoms with Crippen molar-refractivity contribution in [3.8, 4) is 22.5 Å². The average molecular weight is 625 g/mol. The number of benzene rings is 2. The Labute approximate surface area is 256 Å². The van der Waals surface area contributed by atoms with Crippen LogP contribution in [0.3, 0.4) is 0 Å². The lowest BCUT2D eigenvalue weighted by Crippen LogP contribution is -2.37. The van der Waals surface area contributed by atoms with Gasteiger partial charge in [0, 0.05) is 50.0 Å². The van der Waals surface area contributed by atoms with Crippen molar-refractivity contribution >= 4 is 11.5 Å². The second-order valence-corrected chi connectivity index (χ2v) is 11.2. The highest BCUT2D eigenvalue weighted by Crippen LogP contribution is 2.40. The van der Waals surface area contributed by atoms with Gasteiger partial charge in [0.15, 0.2) is 11.9 Å². The third kappa shape index (κ3) is 9.09. The first kappa shape index (κ1) is 35.1. The zero-order valence-electron chi connectivity index (χ0n) is 26.2. The molecule has 0 aliphatic heterocycles. The van der Waals surface area contributed by atoms with E-state index in [1.807, 2.05) is 39.0 Å². The second-order valence-electron chi connectivity index (χ2n) is 11.2. The molecule has 1 heterocycles. The molecule has 0 bridgehead atoms. The summed E-state index contributed by atoms with van der Waals surface area (Å²) >= 11 is 0. The van der Waals surface area contributed by atoms with Gasteiger partial charge in [-0.2, -0.15) is 26.3 Å². The fourth-order valence-electron chi connectivity index (χ4n) is 4.94.